The first kappa shape index (κ1) is 24.1. The third-order valence-electron chi connectivity index (χ3n) is 5.63. The van der Waals surface area contributed by atoms with Crippen LogP contribution in [0.4, 0.5) is 5.13 Å². The van der Waals surface area contributed by atoms with Crippen molar-refractivity contribution in [2.24, 2.45) is 5.92 Å². The van der Waals surface area contributed by atoms with Gasteiger partial charge in [-0.05, 0) is 31.9 Å². The molecule has 10 heteroatoms. The topological polar surface area (TPSA) is 106 Å². The molecule has 0 aliphatic carbocycles. The van der Waals surface area contributed by atoms with Crippen LogP contribution >= 0.6 is 11.3 Å². The van der Waals surface area contributed by atoms with E-state index in [4.69, 9.17) is 4.74 Å². The summed E-state index contributed by atoms with van der Waals surface area (Å²) in [5.74, 6) is -1.42. The molecule has 1 atom stereocenters. The molecule has 0 saturated carbocycles. The number of nitrogens with one attached hydrogen (secondary N) is 1. The van der Waals surface area contributed by atoms with E-state index in [1.807, 2.05) is 35.7 Å². The first-order valence-corrected chi connectivity index (χ1v) is 13.2. The van der Waals surface area contributed by atoms with Crippen molar-refractivity contribution in [2.75, 3.05) is 18.4 Å². The minimum Gasteiger partial charge on any atom is -0.452 e. The number of carbonyl (C=O) groups is 2. The molecular formula is C24H25N3O5S2. The minimum atomic E-state index is -3.59. The SMILES string of the molecule is CC(OC(=O)C1CCN(S(=O)(=O)c2ccccc2)CC1)C(=O)Nc1nc(-c2ccccc2)cs1. The normalized spacial score (nSPS) is 16.0. The smallest absolute Gasteiger partial charge is 0.309 e. The van der Waals surface area contributed by atoms with Crippen molar-refractivity contribution >= 4 is 38.4 Å². The van der Waals surface area contributed by atoms with Gasteiger partial charge in [-0.25, -0.2) is 13.4 Å². The Labute approximate surface area is 202 Å². The molecule has 1 amide bonds. The van der Waals surface area contributed by atoms with E-state index in [1.54, 1.807) is 30.3 Å². The van der Waals surface area contributed by atoms with Crippen LogP contribution < -0.4 is 5.32 Å². The monoisotopic (exact) mass is 499 g/mol. The molecule has 3 aromatic rings. The van der Waals surface area contributed by atoms with Crippen LogP contribution in [0.1, 0.15) is 19.8 Å². The van der Waals surface area contributed by atoms with Crippen LogP contribution in [0.25, 0.3) is 11.3 Å². The van der Waals surface area contributed by atoms with Crippen LogP contribution in [-0.4, -0.2) is 48.8 Å². The predicted octanol–water partition coefficient (Wildman–Crippen LogP) is 3.78. The number of nitrogens with zero attached hydrogens (tertiary/aromatic N) is 2. The lowest BCUT2D eigenvalue weighted by Gasteiger charge is -2.30. The highest BCUT2D eigenvalue weighted by Crippen LogP contribution is 2.26. The molecule has 0 bridgehead atoms. The van der Waals surface area contributed by atoms with E-state index in [2.05, 4.69) is 10.3 Å². The van der Waals surface area contributed by atoms with Gasteiger partial charge in [0.15, 0.2) is 11.2 Å². The number of esters is 1. The molecule has 1 N–H and O–H groups in total. The first-order chi connectivity index (χ1) is 16.3. The molecule has 1 aliphatic rings. The Balaban J connectivity index is 1.28. The molecular weight excluding hydrogens is 474 g/mol. The van der Waals surface area contributed by atoms with Crippen molar-refractivity contribution < 1.29 is 22.7 Å². The second kappa shape index (κ2) is 10.5. The molecule has 1 unspecified atom stereocenters. The van der Waals surface area contributed by atoms with Gasteiger partial charge in [0.25, 0.3) is 5.91 Å². The summed E-state index contributed by atoms with van der Waals surface area (Å²) in [5, 5.41) is 4.96. The number of amides is 1. The molecule has 2 aromatic carbocycles. The van der Waals surface area contributed by atoms with E-state index in [1.165, 1.54) is 22.6 Å². The molecule has 4 rings (SSSR count). The standard InChI is InChI=1S/C24H25N3O5S2/c1-17(22(28)26-24-25-21(16-33-24)18-8-4-2-5-9-18)32-23(29)19-12-14-27(15-13-19)34(30,31)20-10-6-3-7-11-20/h2-11,16-17,19H,12-15H2,1H3,(H,25,26,28). The van der Waals surface area contributed by atoms with E-state index < -0.39 is 33.9 Å². The highest BCUT2D eigenvalue weighted by atomic mass is 32.2. The molecule has 1 aromatic heterocycles. The Morgan fingerprint density at radius 1 is 1.06 bits per heavy atom. The van der Waals surface area contributed by atoms with Gasteiger partial charge in [0.1, 0.15) is 0 Å². The Kier molecular flexibility index (Phi) is 7.40. The van der Waals surface area contributed by atoms with Crippen molar-refractivity contribution in [3.05, 3.63) is 66.0 Å². The number of hydrogen-bond donors (Lipinski definition) is 1. The van der Waals surface area contributed by atoms with Crippen molar-refractivity contribution in [2.45, 2.75) is 30.8 Å². The van der Waals surface area contributed by atoms with E-state index in [0.717, 1.165) is 11.3 Å². The van der Waals surface area contributed by atoms with Gasteiger partial charge in [0, 0.05) is 24.0 Å². The van der Waals surface area contributed by atoms with E-state index in [9.17, 15) is 18.0 Å². The fourth-order valence-corrected chi connectivity index (χ4v) is 5.89. The van der Waals surface area contributed by atoms with Crippen LogP contribution in [0.3, 0.4) is 0 Å². The van der Waals surface area contributed by atoms with Crippen molar-refractivity contribution in [1.29, 1.82) is 0 Å². The average Bonchev–Trinajstić information content (AvgIpc) is 3.33. The van der Waals surface area contributed by atoms with Gasteiger partial charge >= 0.3 is 5.97 Å². The Morgan fingerprint density at radius 3 is 2.32 bits per heavy atom. The largest absolute Gasteiger partial charge is 0.452 e. The van der Waals surface area contributed by atoms with Crippen molar-refractivity contribution in [3.8, 4) is 11.3 Å². The second-order valence-electron chi connectivity index (χ2n) is 7.96. The maximum atomic E-state index is 12.7. The van der Waals surface area contributed by atoms with Gasteiger partial charge in [0.2, 0.25) is 10.0 Å². The molecule has 34 heavy (non-hydrogen) atoms. The molecule has 1 saturated heterocycles. The number of sulfonamides is 1. The van der Waals surface area contributed by atoms with E-state index >= 15 is 0 Å². The second-order valence-corrected chi connectivity index (χ2v) is 10.8. The summed E-state index contributed by atoms with van der Waals surface area (Å²) >= 11 is 1.29. The van der Waals surface area contributed by atoms with Crippen molar-refractivity contribution in [1.82, 2.24) is 9.29 Å². The van der Waals surface area contributed by atoms with Gasteiger partial charge < -0.3 is 4.74 Å². The Hall–Kier alpha value is -3.08. The van der Waals surface area contributed by atoms with Gasteiger partial charge in [-0.3, -0.25) is 14.9 Å². The summed E-state index contributed by atoms with van der Waals surface area (Å²) in [4.78, 5) is 29.8. The van der Waals surface area contributed by atoms with E-state index in [0.29, 0.717) is 18.0 Å². The van der Waals surface area contributed by atoms with Crippen LogP contribution in [0, 0.1) is 5.92 Å². The maximum Gasteiger partial charge on any atom is 0.309 e. The molecule has 1 fully saturated rings. The Morgan fingerprint density at radius 2 is 1.68 bits per heavy atom. The molecule has 0 radical (unpaired) electrons. The summed E-state index contributed by atoms with van der Waals surface area (Å²) in [6, 6.07) is 17.8. The van der Waals surface area contributed by atoms with Crippen LogP contribution in [-0.2, 0) is 24.3 Å². The number of aromatic nitrogens is 1. The maximum absolute atomic E-state index is 12.7. The zero-order valence-electron chi connectivity index (χ0n) is 18.6. The average molecular weight is 500 g/mol. The number of carbonyl (C=O) groups excluding carboxylic acids is 2. The van der Waals surface area contributed by atoms with Crippen molar-refractivity contribution in [3.63, 3.8) is 0 Å². The number of thiazole rings is 1. The highest BCUT2D eigenvalue weighted by molar-refractivity contribution is 7.89. The summed E-state index contributed by atoms with van der Waals surface area (Å²) in [7, 11) is -3.59. The lowest BCUT2D eigenvalue weighted by atomic mass is 9.98. The van der Waals surface area contributed by atoms with Gasteiger partial charge in [-0.15, -0.1) is 11.3 Å². The minimum absolute atomic E-state index is 0.221. The van der Waals surface area contributed by atoms with Crippen LogP contribution in [0.5, 0.6) is 0 Å². The summed E-state index contributed by atoms with van der Waals surface area (Å²) in [6.45, 7) is 1.95. The molecule has 8 nitrogen and oxygen atoms in total. The zero-order chi connectivity index (χ0) is 24.1. The highest BCUT2D eigenvalue weighted by Gasteiger charge is 2.34. The van der Waals surface area contributed by atoms with E-state index in [-0.39, 0.29) is 18.0 Å². The fourth-order valence-electron chi connectivity index (χ4n) is 3.68. The zero-order valence-corrected chi connectivity index (χ0v) is 20.2. The molecule has 0 spiro atoms. The lowest BCUT2D eigenvalue weighted by molar-refractivity contribution is -0.158. The molecule has 2 heterocycles. The quantitative estimate of drug-likeness (QED) is 0.496. The number of piperidine rings is 1. The number of benzene rings is 2. The fraction of sp³-hybridized carbons (Fsp3) is 0.292. The summed E-state index contributed by atoms with van der Waals surface area (Å²) < 4.78 is 32.3. The van der Waals surface area contributed by atoms with Gasteiger partial charge in [-0.2, -0.15) is 4.31 Å². The first-order valence-electron chi connectivity index (χ1n) is 10.9. The lowest BCUT2D eigenvalue weighted by Crippen LogP contribution is -2.41. The molecule has 178 valence electrons. The summed E-state index contributed by atoms with van der Waals surface area (Å²) in [6.07, 6.45) is -0.319. The number of anilines is 1. The molecule has 1 aliphatic heterocycles. The number of hydrogen-bond acceptors (Lipinski definition) is 7. The number of rotatable bonds is 7. The van der Waals surface area contributed by atoms with Gasteiger partial charge in [0.05, 0.1) is 16.5 Å². The predicted molar refractivity (Wildman–Crippen MR) is 130 cm³/mol. The van der Waals surface area contributed by atoms with Crippen LogP contribution in [0.15, 0.2) is 70.9 Å². The summed E-state index contributed by atoms with van der Waals surface area (Å²) in [5.41, 5.74) is 1.70. The third-order valence-corrected chi connectivity index (χ3v) is 8.30. The van der Waals surface area contributed by atoms with Crippen LogP contribution in [0.2, 0.25) is 0 Å². The Bertz CT molecular complexity index is 1240. The number of ether oxygens (including phenoxy) is 1. The third kappa shape index (κ3) is 5.52. The van der Waals surface area contributed by atoms with Gasteiger partial charge in [-0.1, -0.05) is 48.5 Å².